The summed E-state index contributed by atoms with van der Waals surface area (Å²) in [6, 6.07) is 16.3. The summed E-state index contributed by atoms with van der Waals surface area (Å²) in [7, 11) is 0. The number of carbonyl (C=O) groups excluding carboxylic acids is 1. The highest BCUT2D eigenvalue weighted by atomic mass is 19.1. The molecular formula is C24H20FN5O2. The predicted octanol–water partition coefficient (Wildman–Crippen LogP) is 3.61. The van der Waals surface area contributed by atoms with Gasteiger partial charge in [0.05, 0.1) is 37.6 Å². The molecule has 0 radical (unpaired) electrons. The predicted molar refractivity (Wildman–Crippen MR) is 118 cm³/mol. The van der Waals surface area contributed by atoms with Gasteiger partial charge >= 0.3 is 0 Å². The quantitative estimate of drug-likeness (QED) is 0.539. The Morgan fingerprint density at radius 1 is 1.12 bits per heavy atom. The van der Waals surface area contributed by atoms with Crippen molar-refractivity contribution in [2.24, 2.45) is 0 Å². The third-order valence-electron chi connectivity index (χ3n) is 6.04. The van der Waals surface area contributed by atoms with Gasteiger partial charge in [0.2, 0.25) is 5.91 Å². The maximum absolute atomic E-state index is 13.9. The van der Waals surface area contributed by atoms with E-state index >= 15 is 0 Å². The first-order valence-electron chi connectivity index (χ1n) is 10.5. The molecule has 0 saturated carbocycles. The van der Waals surface area contributed by atoms with E-state index in [9.17, 15) is 9.18 Å². The molecule has 4 heterocycles. The number of hydrogen-bond donors (Lipinski definition) is 1. The summed E-state index contributed by atoms with van der Waals surface area (Å²) in [5, 5.41) is 7.78. The summed E-state index contributed by atoms with van der Waals surface area (Å²) in [5.41, 5.74) is 5.16. The molecule has 1 fully saturated rings. The van der Waals surface area contributed by atoms with Gasteiger partial charge in [-0.05, 0) is 41.5 Å². The molecule has 7 nitrogen and oxygen atoms in total. The zero-order valence-corrected chi connectivity index (χ0v) is 17.2. The fourth-order valence-corrected chi connectivity index (χ4v) is 4.46. The normalized spacial score (nSPS) is 18.1. The molecule has 2 aliphatic heterocycles. The molecule has 2 aromatic heterocycles. The van der Waals surface area contributed by atoms with Crippen molar-refractivity contribution in [1.29, 1.82) is 0 Å². The van der Waals surface area contributed by atoms with Crippen molar-refractivity contribution in [2.45, 2.75) is 12.5 Å². The van der Waals surface area contributed by atoms with Crippen molar-refractivity contribution in [3.63, 3.8) is 0 Å². The number of anilines is 2. The molecular weight excluding hydrogens is 409 g/mol. The highest BCUT2D eigenvalue weighted by Gasteiger charge is 2.27. The van der Waals surface area contributed by atoms with Crippen LogP contribution in [0.25, 0.3) is 16.9 Å². The van der Waals surface area contributed by atoms with E-state index in [2.05, 4.69) is 15.2 Å². The molecule has 32 heavy (non-hydrogen) atoms. The van der Waals surface area contributed by atoms with E-state index in [0.717, 1.165) is 39.5 Å². The number of rotatable bonds is 3. The lowest BCUT2D eigenvalue weighted by molar-refractivity contribution is -0.115. The van der Waals surface area contributed by atoms with E-state index in [1.165, 1.54) is 6.07 Å². The van der Waals surface area contributed by atoms with Crippen molar-refractivity contribution < 1.29 is 13.9 Å². The Balaban J connectivity index is 1.40. The molecule has 2 aromatic carbocycles. The van der Waals surface area contributed by atoms with Crippen LogP contribution < -0.4 is 10.2 Å². The smallest absolute Gasteiger partial charge is 0.228 e. The van der Waals surface area contributed by atoms with Crippen molar-refractivity contribution in [3.05, 3.63) is 77.7 Å². The Morgan fingerprint density at radius 2 is 2.06 bits per heavy atom. The molecule has 2 aliphatic rings. The highest BCUT2D eigenvalue weighted by Crippen LogP contribution is 2.32. The van der Waals surface area contributed by atoms with Gasteiger partial charge in [-0.1, -0.05) is 24.3 Å². The number of halogens is 1. The third kappa shape index (κ3) is 3.20. The fraction of sp³-hybridized carbons (Fsp3) is 0.208. The maximum atomic E-state index is 13.9. The van der Waals surface area contributed by atoms with E-state index in [0.29, 0.717) is 26.2 Å². The Hall–Kier alpha value is -3.78. The fourth-order valence-electron chi connectivity index (χ4n) is 4.46. The summed E-state index contributed by atoms with van der Waals surface area (Å²) >= 11 is 0. The second-order valence-corrected chi connectivity index (χ2v) is 8.04. The molecule has 1 amide bonds. The molecule has 6 rings (SSSR count). The molecule has 1 saturated heterocycles. The molecule has 8 heteroatoms. The average molecular weight is 429 g/mol. The van der Waals surface area contributed by atoms with Crippen LogP contribution in [-0.4, -0.2) is 40.3 Å². The van der Waals surface area contributed by atoms with Crippen LogP contribution in [0.2, 0.25) is 0 Å². The molecule has 0 spiro atoms. The van der Waals surface area contributed by atoms with Crippen LogP contribution in [0.3, 0.4) is 0 Å². The first kappa shape index (κ1) is 18.9. The zero-order chi connectivity index (χ0) is 21.7. The molecule has 0 bridgehead atoms. The Kier molecular flexibility index (Phi) is 4.39. The number of hydrogen-bond acceptors (Lipinski definition) is 5. The number of nitrogens with one attached hydrogen (secondary N) is 1. The molecule has 1 atom stereocenters. The van der Waals surface area contributed by atoms with Gasteiger partial charge in [-0.25, -0.2) is 13.9 Å². The number of aromatic nitrogens is 3. The topological polar surface area (TPSA) is 71.8 Å². The molecule has 160 valence electrons. The monoisotopic (exact) mass is 429 g/mol. The minimum atomic E-state index is -0.267. The lowest BCUT2D eigenvalue weighted by Crippen LogP contribution is -2.40. The third-order valence-corrected chi connectivity index (χ3v) is 6.04. The van der Waals surface area contributed by atoms with Crippen LogP contribution in [-0.2, 0) is 16.0 Å². The SMILES string of the molecule is O=C1Cc2ccc(-c3cnc4ccc(N5CCOCC5c5cccc(F)c5)nn34)cc2N1. The summed E-state index contributed by atoms with van der Waals surface area (Å²) in [4.78, 5) is 18.4. The lowest BCUT2D eigenvalue weighted by atomic mass is 10.0. The van der Waals surface area contributed by atoms with Crippen molar-refractivity contribution in [2.75, 3.05) is 30.0 Å². The van der Waals surface area contributed by atoms with Gasteiger partial charge < -0.3 is 15.0 Å². The Bertz CT molecular complexity index is 1350. The minimum Gasteiger partial charge on any atom is -0.377 e. The van der Waals surface area contributed by atoms with Gasteiger partial charge in [0.1, 0.15) is 11.6 Å². The number of fused-ring (bicyclic) bond motifs is 2. The highest BCUT2D eigenvalue weighted by molar-refractivity contribution is 5.99. The van der Waals surface area contributed by atoms with E-state index in [1.54, 1.807) is 18.3 Å². The van der Waals surface area contributed by atoms with Crippen LogP contribution in [0.4, 0.5) is 15.9 Å². The van der Waals surface area contributed by atoms with Crippen LogP contribution >= 0.6 is 0 Å². The second kappa shape index (κ2) is 7.42. The van der Waals surface area contributed by atoms with E-state index in [1.807, 2.05) is 40.9 Å². The molecule has 4 aromatic rings. The number of morpholine rings is 1. The first-order valence-corrected chi connectivity index (χ1v) is 10.5. The Morgan fingerprint density at radius 3 is 2.97 bits per heavy atom. The maximum Gasteiger partial charge on any atom is 0.228 e. The number of nitrogens with zero attached hydrogens (tertiary/aromatic N) is 4. The molecule has 0 aliphatic carbocycles. The van der Waals surface area contributed by atoms with Gasteiger partial charge in [-0.3, -0.25) is 4.79 Å². The minimum absolute atomic E-state index is 0.00594. The number of benzene rings is 2. The van der Waals surface area contributed by atoms with Gasteiger partial charge in [0.15, 0.2) is 5.65 Å². The van der Waals surface area contributed by atoms with Gasteiger partial charge in [-0.15, -0.1) is 5.10 Å². The van der Waals surface area contributed by atoms with E-state index < -0.39 is 0 Å². The molecule has 1 N–H and O–H groups in total. The van der Waals surface area contributed by atoms with Crippen molar-refractivity contribution in [3.8, 4) is 11.3 Å². The standard InChI is InChI=1S/C24H20FN5O2/c25-18-3-1-2-16(10-18)21-14-32-9-8-29(21)23-7-6-22-26-13-20(30(22)28-23)17-5-4-15-12-24(31)27-19(15)11-17/h1-7,10-11,13,21H,8-9,12,14H2,(H,27,31). The summed E-state index contributed by atoms with van der Waals surface area (Å²) < 4.78 is 21.4. The van der Waals surface area contributed by atoms with Gasteiger partial charge in [0, 0.05) is 17.8 Å². The lowest BCUT2D eigenvalue weighted by Gasteiger charge is -2.36. The number of imidazole rings is 1. The van der Waals surface area contributed by atoms with Crippen LogP contribution in [0.5, 0.6) is 0 Å². The number of amides is 1. The van der Waals surface area contributed by atoms with E-state index in [4.69, 9.17) is 9.84 Å². The largest absolute Gasteiger partial charge is 0.377 e. The van der Waals surface area contributed by atoms with Gasteiger partial charge in [-0.2, -0.15) is 0 Å². The van der Waals surface area contributed by atoms with Crippen molar-refractivity contribution in [1.82, 2.24) is 14.6 Å². The summed E-state index contributed by atoms with van der Waals surface area (Å²) in [6.45, 7) is 1.69. The van der Waals surface area contributed by atoms with Crippen LogP contribution in [0.15, 0.2) is 60.8 Å². The van der Waals surface area contributed by atoms with Crippen LogP contribution in [0, 0.1) is 5.82 Å². The van der Waals surface area contributed by atoms with E-state index in [-0.39, 0.29) is 17.8 Å². The van der Waals surface area contributed by atoms with Gasteiger partial charge in [0.25, 0.3) is 0 Å². The number of ether oxygens (including phenoxy) is 1. The number of carbonyl (C=O) groups is 1. The first-order chi connectivity index (χ1) is 15.7. The summed E-state index contributed by atoms with van der Waals surface area (Å²) in [5.74, 6) is 0.507. The average Bonchev–Trinajstić information content (AvgIpc) is 3.40. The zero-order valence-electron chi connectivity index (χ0n) is 17.2. The molecule has 1 unspecified atom stereocenters. The summed E-state index contributed by atoms with van der Waals surface area (Å²) in [6.07, 6.45) is 2.19. The van der Waals surface area contributed by atoms with Crippen molar-refractivity contribution >= 4 is 23.1 Å². The van der Waals surface area contributed by atoms with Crippen LogP contribution in [0.1, 0.15) is 17.2 Å². The second-order valence-electron chi connectivity index (χ2n) is 8.04. The Labute approximate surface area is 183 Å².